The first kappa shape index (κ1) is 29.1. The van der Waals surface area contributed by atoms with E-state index in [1.807, 2.05) is 0 Å². The number of aromatic hydroxyl groups is 2. The van der Waals surface area contributed by atoms with Gasteiger partial charge in [-0.15, -0.1) is 0 Å². The quantitative estimate of drug-likeness (QED) is 0.253. The molecule has 2 aromatic carbocycles. The number of rotatable bonds is 2. The Kier molecular flexibility index (Phi) is 5.79. The fraction of sp³-hybridized carbons (Fsp3) is 0.419. The van der Waals surface area contributed by atoms with Crippen molar-refractivity contribution in [2.24, 2.45) is 11.8 Å². The molecule has 3 aliphatic heterocycles. The molecule has 45 heavy (non-hydrogen) atoms. The number of carbonyl (C=O) groups excluding carboxylic acids is 4. The van der Waals surface area contributed by atoms with Gasteiger partial charge in [-0.3, -0.25) is 9.59 Å². The number of ether oxygens (including phenoxy) is 4. The molecule has 2 aliphatic carbocycles. The number of benzene rings is 2. The van der Waals surface area contributed by atoms with Gasteiger partial charge in [0.25, 0.3) is 11.2 Å². The molecule has 0 aromatic heterocycles. The van der Waals surface area contributed by atoms with E-state index in [9.17, 15) is 49.8 Å². The molecule has 7 rings (SSSR count). The van der Waals surface area contributed by atoms with E-state index in [0.717, 1.165) is 7.11 Å². The van der Waals surface area contributed by atoms with Crippen molar-refractivity contribution in [3.8, 4) is 34.1 Å². The third-order valence-electron chi connectivity index (χ3n) is 9.89. The summed E-state index contributed by atoms with van der Waals surface area (Å²) in [6, 6.07) is 4.86. The summed E-state index contributed by atoms with van der Waals surface area (Å²) in [6.07, 6.45) is -4.90. The minimum Gasteiger partial charge on any atom is -0.506 e. The first-order valence-electron chi connectivity index (χ1n) is 14.2. The number of phenols is 2. The lowest BCUT2D eigenvalue weighted by molar-refractivity contribution is -0.192. The van der Waals surface area contributed by atoms with Gasteiger partial charge < -0.3 is 49.6 Å². The number of hydrogen-bond acceptors (Lipinski definition) is 14. The molecular formula is C31H28O14. The van der Waals surface area contributed by atoms with Crippen LogP contribution in [0, 0.1) is 11.8 Å². The Balaban J connectivity index is 1.39. The second kappa shape index (κ2) is 8.96. The molecule has 236 valence electrons. The molecule has 0 unspecified atom stereocenters. The van der Waals surface area contributed by atoms with E-state index in [1.165, 1.54) is 31.2 Å². The van der Waals surface area contributed by atoms with Crippen LogP contribution in [0.25, 0.3) is 16.9 Å². The van der Waals surface area contributed by atoms with E-state index in [0.29, 0.717) is 0 Å². The fourth-order valence-corrected chi connectivity index (χ4v) is 7.58. The first-order valence-corrected chi connectivity index (χ1v) is 14.2. The molecule has 8 atom stereocenters. The van der Waals surface area contributed by atoms with Crippen molar-refractivity contribution >= 4 is 29.3 Å². The van der Waals surface area contributed by atoms with Crippen LogP contribution in [-0.4, -0.2) is 96.4 Å². The lowest BCUT2D eigenvalue weighted by atomic mass is 9.62. The molecule has 2 saturated carbocycles. The number of carbonyl (C=O) groups is 4. The summed E-state index contributed by atoms with van der Waals surface area (Å²) < 4.78 is 21.8. The Hall–Kier alpha value is -4.66. The minimum atomic E-state index is -2.68. The van der Waals surface area contributed by atoms with Crippen LogP contribution in [-0.2, 0) is 23.9 Å². The summed E-state index contributed by atoms with van der Waals surface area (Å²) in [5, 5.41) is 67.8. The van der Waals surface area contributed by atoms with Crippen molar-refractivity contribution in [1.82, 2.24) is 0 Å². The number of hydrogen-bond donors (Lipinski definition) is 6. The molecule has 0 spiro atoms. The molecule has 14 heteroatoms. The van der Waals surface area contributed by atoms with E-state index < -0.39 is 104 Å². The van der Waals surface area contributed by atoms with E-state index in [-0.39, 0.29) is 35.5 Å². The van der Waals surface area contributed by atoms with Crippen LogP contribution in [0.4, 0.5) is 0 Å². The number of methoxy groups -OCH3 is 1. The largest absolute Gasteiger partial charge is 0.506 e. The molecular weight excluding hydrogens is 596 g/mol. The third kappa shape index (κ3) is 3.13. The summed E-state index contributed by atoms with van der Waals surface area (Å²) >= 11 is 0. The number of aliphatic hydroxyl groups excluding tert-OH is 3. The van der Waals surface area contributed by atoms with Crippen molar-refractivity contribution in [2.75, 3.05) is 7.11 Å². The highest BCUT2D eigenvalue weighted by molar-refractivity contribution is 6.16. The van der Waals surface area contributed by atoms with Crippen molar-refractivity contribution < 1.29 is 68.8 Å². The number of ketones is 2. The lowest BCUT2D eigenvalue weighted by Crippen LogP contribution is -2.76. The molecule has 14 nitrogen and oxygen atoms in total. The highest BCUT2D eigenvalue weighted by Gasteiger charge is 2.81. The van der Waals surface area contributed by atoms with Crippen LogP contribution in [0.2, 0.25) is 0 Å². The maximum Gasteiger partial charge on any atom is 0.358 e. The number of Topliss-reactive ketones (excluding diaryl/α,β-unsaturated/α-hetero) is 2. The SMILES string of the molecule is COC(=O)[C@@]12Oc3ccc(-c4ccc5c(c4O)C(=O)[C@@]4(O)[C@@H]6C[C@H](C)[C@H](O)[C@@]4(O5)C(=O)O6)c(O)c3C(O)=C1C(=O)C[C@H](C)[C@H]2O. The predicted octanol–water partition coefficient (Wildman–Crippen LogP) is 0.679. The molecule has 3 heterocycles. The third-order valence-corrected chi connectivity index (χ3v) is 9.89. The molecule has 6 N–H and O–H groups in total. The molecule has 3 fully saturated rings. The van der Waals surface area contributed by atoms with Gasteiger partial charge in [-0.1, -0.05) is 13.8 Å². The van der Waals surface area contributed by atoms with Crippen LogP contribution in [0.1, 0.15) is 42.6 Å². The van der Waals surface area contributed by atoms with Crippen LogP contribution in [0.3, 0.4) is 0 Å². The molecule has 0 radical (unpaired) electrons. The number of esters is 2. The minimum absolute atomic E-state index is 0.0607. The average molecular weight is 625 g/mol. The van der Waals surface area contributed by atoms with E-state index in [1.54, 1.807) is 6.92 Å². The summed E-state index contributed by atoms with van der Waals surface area (Å²) in [7, 11) is 1.02. The second-order valence-corrected chi connectivity index (χ2v) is 12.3. The molecule has 0 amide bonds. The van der Waals surface area contributed by atoms with Gasteiger partial charge in [0.15, 0.2) is 5.78 Å². The summed E-state index contributed by atoms with van der Waals surface area (Å²) in [6.45, 7) is 3.13. The van der Waals surface area contributed by atoms with Crippen molar-refractivity contribution in [3.63, 3.8) is 0 Å². The van der Waals surface area contributed by atoms with E-state index in [2.05, 4.69) is 0 Å². The normalized spacial score (nSPS) is 36.1. The number of fused-ring (bicyclic) bond motifs is 3. The highest BCUT2D eigenvalue weighted by atomic mass is 16.6. The Morgan fingerprint density at radius 3 is 2.11 bits per heavy atom. The zero-order valence-corrected chi connectivity index (χ0v) is 24.1. The Morgan fingerprint density at radius 1 is 0.889 bits per heavy atom. The van der Waals surface area contributed by atoms with Crippen LogP contribution >= 0.6 is 0 Å². The van der Waals surface area contributed by atoms with Gasteiger partial charge in [0, 0.05) is 17.5 Å². The van der Waals surface area contributed by atoms with Gasteiger partial charge in [0.2, 0.25) is 11.4 Å². The lowest BCUT2D eigenvalue weighted by Gasteiger charge is -2.49. The van der Waals surface area contributed by atoms with Gasteiger partial charge >= 0.3 is 11.9 Å². The Morgan fingerprint density at radius 2 is 1.49 bits per heavy atom. The fourth-order valence-electron chi connectivity index (χ4n) is 7.58. The smallest absolute Gasteiger partial charge is 0.358 e. The van der Waals surface area contributed by atoms with Gasteiger partial charge in [-0.05, 0) is 42.5 Å². The molecule has 5 aliphatic rings. The highest BCUT2D eigenvalue weighted by Crippen LogP contribution is 2.58. The Labute approximate surface area is 254 Å². The standard InChI is InChI=1S/C31H28O14/c1-10-8-14(32)20-23(35)18-15(44-29(20,24(10)36)27(39)42-3)6-4-12(21(18)33)13-5-7-16-19(22(13)34)26(38)30(41)17-9-11(2)25(37)31(30,45-16)28(40)43-17/h4-7,10-11,17,24-25,33-37,41H,8-9H2,1-3H3/t10-,11-,17-,24+,25-,29+,30-,31+/m0/s1. The van der Waals surface area contributed by atoms with Crippen LogP contribution < -0.4 is 9.47 Å². The van der Waals surface area contributed by atoms with Gasteiger partial charge in [0.05, 0.1) is 12.7 Å². The summed E-state index contributed by atoms with van der Waals surface area (Å²) in [4.78, 5) is 53.0. The van der Waals surface area contributed by atoms with Crippen LogP contribution in [0.5, 0.6) is 23.0 Å². The molecule has 1 saturated heterocycles. The van der Waals surface area contributed by atoms with E-state index in [4.69, 9.17) is 18.9 Å². The maximum atomic E-state index is 13.9. The topological polar surface area (TPSA) is 227 Å². The average Bonchev–Trinajstić information content (AvgIpc) is 3.15. The zero-order valence-electron chi connectivity index (χ0n) is 24.1. The number of phenolic OH excluding ortho intramolecular Hbond substituents is 2. The second-order valence-electron chi connectivity index (χ2n) is 12.3. The monoisotopic (exact) mass is 624 g/mol. The zero-order chi connectivity index (χ0) is 32.5. The molecule has 2 aromatic rings. The van der Waals surface area contributed by atoms with Gasteiger partial charge in [0.1, 0.15) is 58.2 Å². The summed E-state index contributed by atoms with van der Waals surface area (Å²) in [5.74, 6) is -8.48. The van der Waals surface area contributed by atoms with Gasteiger partial charge in [-0.2, -0.15) is 0 Å². The van der Waals surface area contributed by atoms with E-state index >= 15 is 0 Å². The number of aliphatic hydroxyl groups is 4. The first-order chi connectivity index (χ1) is 21.2. The predicted molar refractivity (Wildman–Crippen MR) is 147 cm³/mol. The van der Waals surface area contributed by atoms with Crippen molar-refractivity contribution in [3.05, 3.63) is 41.0 Å². The van der Waals surface area contributed by atoms with Crippen molar-refractivity contribution in [1.29, 1.82) is 0 Å². The summed E-state index contributed by atoms with van der Waals surface area (Å²) in [5.41, 5.74) is -9.52. The van der Waals surface area contributed by atoms with Gasteiger partial charge in [-0.25, -0.2) is 9.59 Å². The molecule has 2 bridgehead atoms. The maximum absolute atomic E-state index is 13.9. The van der Waals surface area contributed by atoms with Crippen molar-refractivity contribution in [2.45, 2.75) is 61.8 Å². The van der Waals surface area contributed by atoms with Crippen LogP contribution in [0.15, 0.2) is 29.8 Å². The Bertz CT molecular complexity index is 1790.